The van der Waals surface area contributed by atoms with Gasteiger partial charge in [0, 0.05) is 28.4 Å². The second-order valence-electron chi connectivity index (χ2n) is 10.6. The quantitative estimate of drug-likeness (QED) is 0.185. The standard InChI is InChI=1S/C26H23ClF4N4O4/c1-25(2,3)39-24(36)34-22(17-10-15(28)4-7-19(17)27)21-18(23(34)26(29,30)31)8-13(9-20(21)35(37)38)14-11-32-33(12-14)16-5-6-16/h4,7-12,16,22-23H,5-6H2,1-3H3. The molecule has 39 heavy (non-hydrogen) atoms. The van der Waals surface area contributed by atoms with E-state index in [0.29, 0.717) is 10.5 Å². The van der Waals surface area contributed by atoms with Crippen molar-refractivity contribution in [3.8, 4) is 11.1 Å². The number of amides is 1. The number of ether oxygens (including phenoxy) is 1. The molecule has 1 aliphatic heterocycles. The molecule has 0 bridgehead atoms. The molecule has 1 fully saturated rings. The van der Waals surface area contributed by atoms with Gasteiger partial charge in [0.1, 0.15) is 11.4 Å². The summed E-state index contributed by atoms with van der Waals surface area (Å²) in [6.07, 6.45) is -1.61. The van der Waals surface area contributed by atoms with Crippen LogP contribution < -0.4 is 0 Å². The van der Waals surface area contributed by atoms with E-state index in [2.05, 4.69) is 5.10 Å². The van der Waals surface area contributed by atoms with Crippen molar-refractivity contribution in [1.29, 1.82) is 0 Å². The predicted octanol–water partition coefficient (Wildman–Crippen LogP) is 7.53. The molecule has 2 aromatic carbocycles. The highest BCUT2D eigenvalue weighted by molar-refractivity contribution is 6.31. The molecule has 0 radical (unpaired) electrons. The Hall–Kier alpha value is -3.67. The van der Waals surface area contributed by atoms with Crippen LogP contribution in [-0.4, -0.2) is 37.5 Å². The smallest absolute Gasteiger partial charge is 0.413 e. The van der Waals surface area contributed by atoms with E-state index >= 15 is 0 Å². The van der Waals surface area contributed by atoms with Crippen molar-refractivity contribution < 1.29 is 32.0 Å². The summed E-state index contributed by atoms with van der Waals surface area (Å²) < 4.78 is 65.7. The Morgan fingerprint density at radius 2 is 1.82 bits per heavy atom. The summed E-state index contributed by atoms with van der Waals surface area (Å²) in [7, 11) is 0. The first-order chi connectivity index (χ1) is 18.2. The van der Waals surface area contributed by atoms with Crippen LogP contribution in [-0.2, 0) is 4.74 Å². The van der Waals surface area contributed by atoms with Crippen molar-refractivity contribution in [2.45, 2.75) is 63.5 Å². The number of carbonyl (C=O) groups is 1. The minimum absolute atomic E-state index is 0.122. The number of benzene rings is 2. The van der Waals surface area contributed by atoms with Gasteiger partial charge in [-0.3, -0.25) is 19.7 Å². The van der Waals surface area contributed by atoms with E-state index in [1.807, 2.05) is 0 Å². The maximum atomic E-state index is 14.8. The highest BCUT2D eigenvalue weighted by Crippen LogP contribution is 2.56. The number of nitrogens with zero attached hydrogens (tertiary/aromatic N) is 4. The molecule has 1 aromatic heterocycles. The first-order valence-corrected chi connectivity index (χ1v) is 12.4. The van der Waals surface area contributed by atoms with Crippen LogP contribution >= 0.6 is 11.6 Å². The van der Waals surface area contributed by atoms with Crippen molar-refractivity contribution in [3.05, 3.63) is 80.4 Å². The van der Waals surface area contributed by atoms with E-state index in [-0.39, 0.29) is 22.2 Å². The van der Waals surface area contributed by atoms with E-state index in [4.69, 9.17) is 16.3 Å². The third kappa shape index (κ3) is 5.05. The average molecular weight is 567 g/mol. The molecule has 13 heteroatoms. The summed E-state index contributed by atoms with van der Waals surface area (Å²) in [6.45, 7) is 4.41. The van der Waals surface area contributed by atoms with Crippen LogP contribution in [0.1, 0.15) is 68.4 Å². The van der Waals surface area contributed by atoms with Gasteiger partial charge in [-0.15, -0.1) is 0 Å². The largest absolute Gasteiger partial charge is 0.444 e. The van der Waals surface area contributed by atoms with E-state index in [1.165, 1.54) is 33.0 Å². The molecule has 2 atom stereocenters. The zero-order chi connectivity index (χ0) is 28.4. The van der Waals surface area contributed by atoms with Crippen molar-refractivity contribution in [2.75, 3.05) is 0 Å². The Labute approximate surface area is 225 Å². The number of hydrogen-bond acceptors (Lipinski definition) is 5. The number of rotatable bonds is 4. The molecule has 1 aliphatic carbocycles. The minimum Gasteiger partial charge on any atom is -0.444 e. The molecule has 1 saturated carbocycles. The summed E-state index contributed by atoms with van der Waals surface area (Å²) in [5.74, 6) is -0.845. The SMILES string of the molecule is CC(C)(C)OC(=O)N1C(c2cc(F)ccc2Cl)c2c(cc(-c3cnn(C4CC4)c3)cc2[N+](=O)[O-])C1C(F)(F)F. The summed E-state index contributed by atoms with van der Waals surface area (Å²) >= 11 is 6.30. The number of aromatic nitrogens is 2. The lowest BCUT2D eigenvalue weighted by Crippen LogP contribution is -2.43. The van der Waals surface area contributed by atoms with E-state index in [9.17, 15) is 32.5 Å². The van der Waals surface area contributed by atoms with Gasteiger partial charge in [-0.25, -0.2) is 9.18 Å². The number of nitro benzene ring substituents is 1. The van der Waals surface area contributed by atoms with Gasteiger partial charge in [-0.2, -0.15) is 18.3 Å². The second kappa shape index (κ2) is 9.22. The number of alkyl halides is 3. The van der Waals surface area contributed by atoms with Gasteiger partial charge in [0.15, 0.2) is 6.04 Å². The molecular formula is C26H23ClF4N4O4. The fourth-order valence-corrected chi connectivity index (χ4v) is 5.08. The third-order valence-corrected chi connectivity index (χ3v) is 6.88. The van der Waals surface area contributed by atoms with Gasteiger partial charge in [0.05, 0.1) is 28.8 Å². The monoisotopic (exact) mass is 566 g/mol. The van der Waals surface area contributed by atoms with Crippen LogP contribution in [0.5, 0.6) is 0 Å². The Morgan fingerprint density at radius 3 is 2.41 bits per heavy atom. The molecule has 2 aliphatic rings. The number of nitro groups is 1. The maximum absolute atomic E-state index is 14.8. The topological polar surface area (TPSA) is 90.5 Å². The number of hydrogen-bond donors (Lipinski definition) is 0. The molecule has 0 N–H and O–H groups in total. The van der Waals surface area contributed by atoms with E-state index in [1.54, 1.807) is 10.9 Å². The second-order valence-corrected chi connectivity index (χ2v) is 11.0. The molecule has 0 saturated heterocycles. The molecule has 3 aromatic rings. The highest BCUT2D eigenvalue weighted by Gasteiger charge is 2.58. The van der Waals surface area contributed by atoms with Crippen LogP contribution in [0.3, 0.4) is 0 Å². The fraction of sp³-hybridized carbons (Fsp3) is 0.385. The molecule has 8 nitrogen and oxygen atoms in total. The van der Waals surface area contributed by atoms with Gasteiger partial charge in [-0.1, -0.05) is 11.6 Å². The van der Waals surface area contributed by atoms with Crippen molar-refractivity contribution in [3.63, 3.8) is 0 Å². The number of fused-ring (bicyclic) bond motifs is 1. The lowest BCUT2D eigenvalue weighted by Gasteiger charge is -2.34. The number of halogens is 5. The van der Waals surface area contributed by atoms with Gasteiger partial charge >= 0.3 is 12.3 Å². The minimum atomic E-state index is -5.08. The molecule has 206 valence electrons. The lowest BCUT2D eigenvalue weighted by atomic mass is 9.92. The molecular weight excluding hydrogens is 544 g/mol. The zero-order valence-corrected chi connectivity index (χ0v) is 21.8. The first kappa shape index (κ1) is 26.9. The Kier molecular flexibility index (Phi) is 6.36. The Morgan fingerprint density at radius 1 is 1.13 bits per heavy atom. The summed E-state index contributed by atoms with van der Waals surface area (Å²) in [5, 5.41) is 16.4. The third-order valence-electron chi connectivity index (χ3n) is 6.53. The predicted molar refractivity (Wildman–Crippen MR) is 133 cm³/mol. The van der Waals surface area contributed by atoms with Crippen LogP contribution in [0.15, 0.2) is 42.7 Å². The van der Waals surface area contributed by atoms with Gasteiger partial charge in [0.25, 0.3) is 5.69 Å². The van der Waals surface area contributed by atoms with Crippen LogP contribution in [0.25, 0.3) is 11.1 Å². The van der Waals surface area contributed by atoms with Crippen molar-refractivity contribution in [1.82, 2.24) is 14.7 Å². The summed E-state index contributed by atoms with van der Waals surface area (Å²) in [5.41, 5.74) is -2.56. The zero-order valence-electron chi connectivity index (χ0n) is 21.0. The first-order valence-electron chi connectivity index (χ1n) is 12.1. The van der Waals surface area contributed by atoms with Gasteiger partial charge in [0.2, 0.25) is 0 Å². The average Bonchev–Trinajstić information content (AvgIpc) is 3.43. The lowest BCUT2D eigenvalue weighted by molar-refractivity contribution is -0.385. The fourth-order valence-electron chi connectivity index (χ4n) is 4.85. The number of carbonyl (C=O) groups excluding carboxylic acids is 1. The molecule has 2 unspecified atom stereocenters. The van der Waals surface area contributed by atoms with Crippen molar-refractivity contribution >= 4 is 23.4 Å². The summed E-state index contributed by atoms with van der Waals surface area (Å²) in [4.78, 5) is 25.2. The van der Waals surface area contributed by atoms with Crippen LogP contribution in [0.2, 0.25) is 5.02 Å². The Balaban J connectivity index is 1.80. The molecule has 2 heterocycles. The molecule has 5 rings (SSSR count). The van der Waals surface area contributed by atoms with Gasteiger partial charge in [-0.05, 0) is 69.0 Å². The molecule has 0 spiro atoms. The van der Waals surface area contributed by atoms with E-state index in [0.717, 1.165) is 37.1 Å². The van der Waals surface area contributed by atoms with E-state index < -0.39 is 57.5 Å². The molecule has 1 amide bonds. The normalized spacial score (nSPS) is 19.2. The van der Waals surface area contributed by atoms with Gasteiger partial charge < -0.3 is 4.74 Å². The highest BCUT2D eigenvalue weighted by atomic mass is 35.5. The maximum Gasteiger partial charge on any atom is 0.413 e. The van der Waals surface area contributed by atoms with Crippen molar-refractivity contribution in [2.24, 2.45) is 0 Å². The van der Waals surface area contributed by atoms with Crippen LogP contribution in [0, 0.1) is 15.9 Å². The summed E-state index contributed by atoms with van der Waals surface area (Å²) in [6, 6.07) is 1.07. The van der Waals surface area contributed by atoms with Crippen LogP contribution in [0.4, 0.5) is 28.0 Å². The Bertz CT molecular complexity index is 1480.